The van der Waals surface area contributed by atoms with E-state index in [4.69, 9.17) is 4.74 Å². The Balaban J connectivity index is 1.69. The monoisotopic (exact) mass is 427 g/mol. The molecule has 4 rings (SSSR count). The number of cyclic esters (lactones) is 1. The molecule has 3 aromatic rings. The molecule has 0 aliphatic carbocycles. The van der Waals surface area contributed by atoms with Gasteiger partial charge in [-0.25, -0.2) is 18.0 Å². The van der Waals surface area contributed by atoms with Crippen LogP contribution in [0.1, 0.15) is 18.4 Å². The second-order valence-corrected chi connectivity index (χ2v) is 7.37. The van der Waals surface area contributed by atoms with Gasteiger partial charge in [0.2, 0.25) is 0 Å². The van der Waals surface area contributed by atoms with Crippen LogP contribution in [0.5, 0.6) is 0 Å². The molecule has 31 heavy (non-hydrogen) atoms. The third-order valence-corrected chi connectivity index (χ3v) is 5.53. The Morgan fingerprint density at radius 3 is 2.32 bits per heavy atom. The van der Waals surface area contributed by atoms with Crippen LogP contribution in [-0.4, -0.2) is 24.4 Å². The minimum atomic E-state index is -1.37. The summed E-state index contributed by atoms with van der Waals surface area (Å²) in [5.74, 6) is -2.22. The van der Waals surface area contributed by atoms with E-state index in [9.17, 15) is 23.1 Å². The third kappa shape index (κ3) is 3.88. The average Bonchev–Trinajstić information content (AvgIpc) is 2.76. The Labute approximate surface area is 177 Å². The number of rotatable bonds is 5. The minimum absolute atomic E-state index is 0.00392. The van der Waals surface area contributed by atoms with Crippen molar-refractivity contribution in [1.29, 1.82) is 0 Å². The predicted octanol–water partition coefficient (Wildman–Crippen LogP) is 5.40. The molecule has 7 heteroatoms. The van der Waals surface area contributed by atoms with E-state index in [1.165, 1.54) is 24.3 Å². The number of halogens is 3. The van der Waals surface area contributed by atoms with Crippen molar-refractivity contribution in [2.75, 3.05) is 18.1 Å². The second-order valence-electron chi connectivity index (χ2n) is 7.37. The number of aliphatic hydroxyl groups excluding tert-OH is 1. The van der Waals surface area contributed by atoms with Crippen molar-refractivity contribution in [3.05, 3.63) is 89.7 Å². The van der Waals surface area contributed by atoms with Gasteiger partial charge in [0.15, 0.2) is 0 Å². The molecule has 0 saturated carbocycles. The quantitative estimate of drug-likeness (QED) is 0.594. The smallest absolute Gasteiger partial charge is 0.415 e. The molecular formula is C24H20F3NO3. The van der Waals surface area contributed by atoms with Crippen molar-refractivity contribution in [1.82, 2.24) is 0 Å². The van der Waals surface area contributed by atoms with E-state index in [1.54, 1.807) is 36.4 Å². The van der Waals surface area contributed by atoms with E-state index >= 15 is 0 Å². The van der Waals surface area contributed by atoms with Crippen LogP contribution in [0.2, 0.25) is 0 Å². The van der Waals surface area contributed by atoms with E-state index in [1.807, 2.05) is 0 Å². The highest BCUT2D eigenvalue weighted by Gasteiger charge is 2.44. The lowest BCUT2D eigenvalue weighted by molar-refractivity contribution is -0.0281. The zero-order valence-corrected chi connectivity index (χ0v) is 16.5. The number of nitrogens with zero attached hydrogens (tertiary/aromatic N) is 1. The maximum atomic E-state index is 14.6. The van der Waals surface area contributed by atoms with Gasteiger partial charge in [0, 0.05) is 43.2 Å². The number of carbonyl (C=O) groups excluding carboxylic acids is 1. The fourth-order valence-corrected chi connectivity index (χ4v) is 3.97. The van der Waals surface area contributed by atoms with Crippen molar-refractivity contribution in [2.45, 2.75) is 18.4 Å². The number of carbonyl (C=O) groups is 1. The standard InChI is InChI=1S/C24H20F3NO3/c25-19-9-5-4-8-18(19)24(11-13-29)10-12-28(23(30)31-24)22-14-17(20(26)15-21(22)27)16-6-2-1-3-7-16/h1-9,14-15,29H,10-13H2. The molecule has 160 valence electrons. The second kappa shape index (κ2) is 8.43. The van der Waals surface area contributed by atoms with E-state index in [2.05, 4.69) is 0 Å². The van der Waals surface area contributed by atoms with Gasteiger partial charge in [-0.15, -0.1) is 0 Å². The molecule has 1 fully saturated rings. The highest BCUT2D eigenvalue weighted by molar-refractivity contribution is 5.90. The molecular weight excluding hydrogens is 407 g/mol. The lowest BCUT2D eigenvalue weighted by Crippen LogP contribution is -2.49. The van der Waals surface area contributed by atoms with Crippen molar-refractivity contribution >= 4 is 11.8 Å². The molecule has 1 heterocycles. The van der Waals surface area contributed by atoms with Gasteiger partial charge in [0.05, 0.1) is 5.69 Å². The van der Waals surface area contributed by atoms with Crippen LogP contribution in [-0.2, 0) is 10.3 Å². The lowest BCUT2D eigenvalue weighted by atomic mass is 9.85. The highest BCUT2D eigenvalue weighted by atomic mass is 19.1. The molecule has 1 amide bonds. The molecule has 0 radical (unpaired) electrons. The van der Waals surface area contributed by atoms with Gasteiger partial charge in [-0.05, 0) is 17.7 Å². The minimum Gasteiger partial charge on any atom is -0.437 e. The Morgan fingerprint density at radius 2 is 1.65 bits per heavy atom. The van der Waals surface area contributed by atoms with Gasteiger partial charge in [-0.3, -0.25) is 4.90 Å². The molecule has 0 aromatic heterocycles. The zero-order chi connectivity index (χ0) is 22.0. The van der Waals surface area contributed by atoms with Gasteiger partial charge in [-0.1, -0.05) is 48.5 Å². The molecule has 1 atom stereocenters. The Kier molecular flexibility index (Phi) is 5.69. The van der Waals surface area contributed by atoms with Crippen LogP contribution in [0.3, 0.4) is 0 Å². The van der Waals surface area contributed by atoms with Crippen molar-refractivity contribution in [3.8, 4) is 11.1 Å². The molecule has 4 nitrogen and oxygen atoms in total. The zero-order valence-electron chi connectivity index (χ0n) is 16.5. The summed E-state index contributed by atoms with van der Waals surface area (Å²) in [4.78, 5) is 14.0. The molecule has 3 aromatic carbocycles. The van der Waals surface area contributed by atoms with Crippen molar-refractivity contribution in [3.63, 3.8) is 0 Å². The average molecular weight is 427 g/mol. The number of anilines is 1. The summed E-state index contributed by atoms with van der Waals surface area (Å²) in [7, 11) is 0. The van der Waals surface area contributed by atoms with Crippen LogP contribution in [0, 0.1) is 17.5 Å². The van der Waals surface area contributed by atoms with E-state index in [0.29, 0.717) is 5.56 Å². The first-order valence-electron chi connectivity index (χ1n) is 9.86. The number of benzene rings is 3. The lowest BCUT2D eigenvalue weighted by Gasteiger charge is -2.41. The number of amides is 1. The van der Waals surface area contributed by atoms with E-state index in [-0.39, 0.29) is 42.8 Å². The van der Waals surface area contributed by atoms with Gasteiger partial charge < -0.3 is 9.84 Å². The summed E-state index contributed by atoms with van der Waals surface area (Å²) >= 11 is 0. The maximum Gasteiger partial charge on any atom is 0.415 e. The SMILES string of the molecule is O=C1OC(CCO)(c2ccccc2F)CCN1c1cc(-c2ccccc2)c(F)cc1F. The summed E-state index contributed by atoms with van der Waals surface area (Å²) in [5, 5.41) is 9.51. The first-order valence-corrected chi connectivity index (χ1v) is 9.86. The van der Waals surface area contributed by atoms with Crippen LogP contribution in [0.4, 0.5) is 23.7 Å². The summed E-state index contributed by atoms with van der Waals surface area (Å²) in [5.41, 5.74) is -0.663. The summed E-state index contributed by atoms with van der Waals surface area (Å²) in [6.45, 7) is -0.325. The Bertz CT molecular complexity index is 1110. The molecule has 0 spiro atoms. The predicted molar refractivity (Wildman–Crippen MR) is 110 cm³/mol. The van der Waals surface area contributed by atoms with Gasteiger partial charge >= 0.3 is 6.09 Å². The summed E-state index contributed by atoms with van der Waals surface area (Å²) < 4.78 is 49.1. The molecule has 1 aliphatic heterocycles. The fourth-order valence-electron chi connectivity index (χ4n) is 3.97. The molecule has 0 bridgehead atoms. The van der Waals surface area contributed by atoms with E-state index in [0.717, 1.165) is 11.0 Å². The number of ether oxygens (including phenoxy) is 1. The van der Waals surface area contributed by atoms with Crippen LogP contribution >= 0.6 is 0 Å². The van der Waals surface area contributed by atoms with Gasteiger partial charge in [0.1, 0.15) is 23.1 Å². The first-order chi connectivity index (χ1) is 14.9. The number of hydrogen-bond donors (Lipinski definition) is 1. The number of hydrogen-bond acceptors (Lipinski definition) is 3. The van der Waals surface area contributed by atoms with Crippen LogP contribution in [0.25, 0.3) is 11.1 Å². The van der Waals surface area contributed by atoms with E-state index < -0.39 is 29.1 Å². The fraction of sp³-hybridized carbons (Fsp3) is 0.208. The normalized spacial score (nSPS) is 18.7. The molecule has 1 saturated heterocycles. The van der Waals surface area contributed by atoms with Crippen molar-refractivity contribution < 1.29 is 27.8 Å². The Hall–Kier alpha value is -3.32. The molecule has 1 aliphatic rings. The Morgan fingerprint density at radius 1 is 0.935 bits per heavy atom. The van der Waals surface area contributed by atoms with Gasteiger partial charge in [-0.2, -0.15) is 0 Å². The third-order valence-electron chi connectivity index (χ3n) is 5.53. The first kappa shape index (κ1) is 20.9. The van der Waals surface area contributed by atoms with Crippen molar-refractivity contribution in [2.24, 2.45) is 0 Å². The molecule has 1 N–H and O–H groups in total. The topological polar surface area (TPSA) is 49.8 Å². The van der Waals surface area contributed by atoms with Gasteiger partial charge in [0.25, 0.3) is 0 Å². The molecule has 1 unspecified atom stereocenters. The number of aliphatic hydroxyl groups is 1. The summed E-state index contributed by atoms with van der Waals surface area (Å²) in [6.07, 6.45) is -0.778. The summed E-state index contributed by atoms with van der Waals surface area (Å²) in [6, 6.07) is 16.5. The highest BCUT2D eigenvalue weighted by Crippen LogP contribution is 2.41. The maximum absolute atomic E-state index is 14.6. The van der Waals surface area contributed by atoms with Crippen LogP contribution < -0.4 is 4.90 Å². The van der Waals surface area contributed by atoms with Crippen LogP contribution in [0.15, 0.2) is 66.7 Å². The largest absolute Gasteiger partial charge is 0.437 e.